The zero-order chi connectivity index (χ0) is 20.9. The van der Waals surface area contributed by atoms with Crippen LogP contribution in [0.1, 0.15) is 32.8 Å². The van der Waals surface area contributed by atoms with E-state index in [0.29, 0.717) is 12.1 Å². The minimum Gasteiger partial charge on any atom is -0.444 e. The molecule has 0 aromatic heterocycles. The second-order valence-corrected chi connectivity index (χ2v) is 8.14. The van der Waals surface area contributed by atoms with Crippen LogP contribution in [0.15, 0.2) is 24.3 Å². The molecule has 9 heteroatoms. The Balaban J connectivity index is 1.86. The lowest BCUT2D eigenvalue weighted by Gasteiger charge is -2.33. The number of fused-ring (bicyclic) bond motifs is 2. The average molecular weight is 400 g/mol. The predicted octanol–water partition coefficient (Wildman–Crippen LogP) is 3.04. The zero-order valence-corrected chi connectivity index (χ0v) is 15.9. The van der Waals surface area contributed by atoms with E-state index in [1.807, 2.05) is 0 Å². The summed E-state index contributed by atoms with van der Waals surface area (Å²) in [7, 11) is 0. The Kier molecular flexibility index (Phi) is 5.07. The van der Waals surface area contributed by atoms with E-state index in [9.17, 15) is 27.9 Å². The number of benzene rings is 1. The van der Waals surface area contributed by atoms with E-state index >= 15 is 0 Å². The Morgan fingerprint density at radius 1 is 1.21 bits per heavy atom. The molecule has 1 aromatic rings. The third-order valence-corrected chi connectivity index (χ3v) is 5.03. The Bertz CT molecular complexity index is 758. The van der Waals surface area contributed by atoms with Crippen molar-refractivity contribution in [3.8, 4) is 0 Å². The third-order valence-electron chi connectivity index (χ3n) is 5.03. The summed E-state index contributed by atoms with van der Waals surface area (Å²) < 4.78 is 43.7. The van der Waals surface area contributed by atoms with Crippen molar-refractivity contribution in [1.29, 1.82) is 0 Å². The molecule has 1 N–H and O–H groups in total. The molecule has 6 nitrogen and oxygen atoms in total. The summed E-state index contributed by atoms with van der Waals surface area (Å²) in [4.78, 5) is 28.3. The van der Waals surface area contributed by atoms with Crippen molar-refractivity contribution in [2.75, 3.05) is 18.1 Å². The molecular formula is C19H23F3N2O4. The van der Waals surface area contributed by atoms with E-state index in [4.69, 9.17) is 4.74 Å². The second-order valence-electron chi connectivity index (χ2n) is 8.14. The molecule has 2 amide bonds. The molecule has 2 heterocycles. The maximum Gasteiger partial charge on any atom is 0.416 e. The van der Waals surface area contributed by atoms with Crippen molar-refractivity contribution in [3.05, 3.63) is 29.8 Å². The molecule has 2 bridgehead atoms. The molecule has 0 unspecified atom stereocenters. The molecule has 3 atom stereocenters. The van der Waals surface area contributed by atoms with Gasteiger partial charge >= 0.3 is 12.3 Å². The van der Waals surface area contributed by atoms with Crippen molar-refractivity contribution in [3.63, 3.8) is 0 Å². The Hall–Kier alpha value is -2.29. The lowest BCUT2D eigenvalue weighted by atomic mass is 9.94. The number of likely N-dealkylation sites (tertiary alicyclic amines) is 1. The summed E-state index contributed by atoms with van der Waals surface area (Å²) in [5, 5.41) is 9.80. The van der Waals surface area contributed by atoms with Crippen LogP contribution in [0.4, 0.5) is 23.7 Å². The first-order valence-electron chi connectivity index (χ1n) is 9.03. The summed E-state index contributed by atoms with van der Waals surface area (Å²) >= 11 is 0. The quantitative estimate of drug-likeness (QED) is 0.829. The van der Waals surface area contributed by atoms with Crippen LogP contribution in [0.5, 0.6) is 0 Å². The van der Waals surface area contributed by atoms with Crippen LogP contribution in [0.25, 0.3) is 0 Å². The molecule has 1 aromatic carbocycles. The van der Waals surface area contributed by atoms with Crippen LogP contribution in [0.3, 0.4) is 0 Å². The fourth-order valence-electron chi connectivity index (χ4n) is 3.81. The number of ether oxygens (including phenoxy) is 1. The highest BCUT2D eigenvalue weighted by Gasteiger charge is 2.53. The van der Waals surface area contributed by atoms with Gasteiger partial charge < -0.3 is 14.7 Å². The molecule has 28 heavy (non-hydrogen) atoms. The molecule has 2 fully saturated rings. The van der Waals surface area contributed by atoms with Crippen molar-refractivity contribution in [2.45, 2.75) is 51.1 Å². The number of piperidine rings is 1. The average Bonchev–Trinajstić information content (AvgIpc) is 2.90. The largest absolute Gasteiger partial charge is 0.444 e. The number of anilines is 1. The van der Waals surface area contributed by atoms with Gasteiger partial charge in [0.05, 0.1) is 18.2 Å². The first-order chi connectivity index (χ1) is 12.9. The molecule has 2 aliphatic heterocycles. The first-order valence-corrected chi connectivity index (χ1v) is 9.03. The highest BCUT2D eigenvalue weighted by molar-refractivity contribution is 6.00. The van der Waals surface area contributed by atoms with E-state index in [1.165, 1.54) is 21.9 Å². The maximum absolute atomic E-state index is 13.0. The minimum atomic E-state index is -4.46. The van der Waals surface area contributed by atoms with Crippen LogP contribution in [0, 0.1) is 5.92 Å². The number of halogens is 3. The van der Waals surface area contributed by atoms with Crippen LogP contribution in [0.2, 0.25) is 0 Å². The lowest BCUT2D eigenvalue weighted by Crippen LogP contribution is -2.51. The van der Waals surface area contributed by atoms with Crippen LogP contribution in [-0.4, -0.2) is 52.8 Å². The molecule has 0 aliphatic carbocycles. The van der Waals surface area contributed by atoms with Gasteiger partial charge in [0.15, 0.2) is 0 Å². The number of carbonyl (C=O) groups is 2. The standard InChI is InChI=1S/C19H23F3N2O4/c1-18(2,3)28-17(27)24-14-8-11(15(24)10-25)9-23(16(14)26)13-6-4-12(5-7-13)19(20,21)22/h4-7,11,14-15,25H,8-10H2,1-3H3/t11-,14+,15-/m0/s1. The predicted molar refractivity (Wildman–Crippen MR) is 94.6 cm³/mol. The van der Waals surface area contributed by atoms with Gasteiger partial charge in [-0.3, -0.25) is 9.69 Å². The molecule has 0 saturated carbocycles. The summed E-state index contributed by atoms with van der Waals surface area (Å²) in [5.41, 5.74) is -1.23. The number of hydrogen-bond donors (Lipinski definition) is 1. The van der Waals surface area contributed by atoms with Gasteiger partial charge in [0.25, 0.3) is 0 Å². The summed E-state index contributed by atoms with van der Waals surface area (Å²) in [6.07, 6.45) is -4.75. The van der Waals surface area contributed by atoms with Gasteiger partial charge in [-0.25, -0.2) is 4.79 Å². The monoisotopic (exact) mass is 400 g/mol. The Morgan fingerprint density at radius 2 is 1.82 bits per heavy atom. The first kappa shape index (κ1) is 20.4. The van der Waals surface area contributed by atoms with Crippen LogP contribution < -0.4 is 4.90 Å². The zero-order valence-electron chi connectivity index (χ0n) is 15.9. The molecule has 154 valence electrons. The summed E-state index contributed by atoms with van der Waals surface area (Å²) in [5.74, 6) is -0.583. The van der Waals surface area contributed by atoms with E-state index in [-0.39, 0.29) is 19.1 Å². The van der Waals surface area contributed by atoms with Gasteiger partial charge in [-0.15, -0.1) is 0 Å². The Morgan fingerprint density at radius 3 is 2.32 bits per heavy atom. The van der Waals surface area contributed by atoms with E-state index in [1.54, 1.807) is 20.8 Å². The summed E-state index contributed by atoms with van der Waals surface area (Å²) in [6.45, 7) is 5.01. The summed E-state index contributed by atoms with van der Waals surface area (Å²) in [6, 6.07) is 2.95. The van der Waals surface area contributed by atoms with Crippen molar-refractivity contribution < 1.29 is 32.6 Å². The normalized spacial score (nSPS) is 25.2. The van der Waals surface area contributed by atoms with E-state index < -0.39 is 41.4 Å². The highest BCUT2D eigenvalue weighted by Crippen LogP contribution is 2.39. The van der Waals surface area contributed by atoms with Crippen LogP contribution in [-0.2, 0) is 15.7 Å². The second kappa shape index (κ2) is 6.95. The number of alkyl halides is 3. The highest BCUT2D eigenvalue weighted by atomic mass is 19.4. The molecule has 3 rings (SSSR count). The molecule has 2 saturated heterocycles. The fourth-order valence-corrected chi connectivity index (χ4v) is 3.81. The fraction of sp³-hybridized carbons (Fsp3) is 0.579. The molecular weight excluding hydrogens is 377 g/mol. The molecule has 2 aliphatic rings. The van der Waals surface area contributed by atoms with Gasteiger partial charge in [0.2, 0.25) is 5.91 Å². The van der Waals surface area contributed by atoms with Gasteiger partial charge in [0, 0.05) is 18.2 Å². The molecule has 0 radical (unpaired) electrons. The number of aliphatic hydroxyl groups excluding tert-OH is 1. The smallest absolute Gasteiger partial charge is 0.416 e. The maximum atomic E-state index is 13.0. The van der Waals surface area contributed by atoms with Crippen molar-refractivity contribution in [2.24, 2.45) is 5.92 Å². The van der Waals surface area contributed by atoms with Gasteiger partial charge in [-0.1, -0.05) is 0 Å². The number of carbonyl (C=O) groups excluding carboxylic acids is 2. The number of aliphatic hydroxyl groups is 1. The van der Waals surface area contributed by atoms with Crippen molar-refractivity contribution >= 4 is 17.7 Å². The van der Waals surface area contributed by atoms with Crippen LogP contribution >= 0.6 is 0 Å². The Labute approximate surface area is 160 Å². The van der Waals surface area contributed by atoms with Crippen molar-refractivity contribution in [1.82, 2.24) is 4.90 Å². The minimum absolute atomic E-state index is 0.192. The number of amides is 2. The van der Waals surface area contributed by atoms with Gasteiger partial charge in [0.1, 0.15) is 11.6 Å². The van der Waals surface area contributed by atoms with E-state index in [0.717, 1.165) is 12.1 Å². The van der Waals surface area contributed by atoms with Gasteiger partial charge in [-0.2, -0.15) is 13.2 Å². The number of hydrogen-bond acceptors (Lipinski definition) is 4. The number of rotatable bonds is 2. The lowest BCUT2D eigenvalue weighted by molar-refractivity contribution is -0.137. The number of nitrogens with zero attached hydrogens (tertiary/aromatic N) is 2. The molecule has 0 spiro atoms. The third kappa shape index (κ3) is 3.80. The van der Waals surface area contributed by atoms with Gasteiger partial charge in [-0.05, 0) is 51.5 Å². The topological polar surface area (TPSA) is 70.1 Å². The SMILES string of the molecule is CC(C)(C)OC(=O)N1[C@@H]2C[C@@H](CN(c3ccc(C(F)(F)F)cc3)C2=O)[C@@H]1CO. The van der Waals surface area contributed by atoms with E-state index in [2.05, 4.69) is 0 Å².